The van der Waals surface area contributed by atoms with E-state index in [1.54, 1.807) is 23.3 Å². The van der Waals surface area contributed by atoms with Crippen LogP contribution in [0.5, 0.6) is 0 Å². The number of thiazole rings is 1. The normalized spacial score (nSPS) is 13.7. The number of hydrogen-bond donors (Lipinski definition) is 2. The van der Waals surface area contributed by atoms with E-state index < -0.39 is 0 Å². The van der Waals surface area contributed by atoms with Gasteiger partial charge < -0.3 is 15.4 Å². The molecule has 0 unspecified atom stereocenters. The molecule has 1 aliphatic rings. The van der Waals surface area contributed by atoms with E-state index in [1.807, 2.05) is 48.3 Å². The lowest BCUT2D eigenvalue weighted by atomic mass is 10.1. The highest BCUT2D eigenvalue weighted by Gasteiger charge is 2.21. The summed E-state index contributed by atoms with van der Waals surface area (Å²) in [7, 11) is 1.71. The van der Waals surface area contributed by atoms with Crippen molar-refractivity contribution in [3.63, 3.8) is 0 Å². The van der Waals surface area contributed by atoms with Gasteiger partial charge in [-0.15, -0.1) is 11.3 Å². The Hall–Kier alpha value is -2.91. The van der Waals surface area contributed by atoms with E-state index in [0.29, 0.717) is 13.1 Å². The minimum atomic E-state index is -0.0413. The van der Waals surface area contributed by atoms with Crippen LogP contribution in [-0.4, -0.2) is 47.6 Å². The van der Waals surface area contributed by atoms with Gasteiger partial charge >= 0.3 is 6.03 Å². The van der Waals surface area contributed by atoms with Crippen LogP contribution in [-0.2, 0) is 11.3 Å². The first-order chi connectivity index (χ1) is 14.5. The number of carbonyl (C=O) groups excluding carboxylic acids is 1. The number of anilines is 3. The van der Waals surface area contributed by atoms with E-state index >= 15 is 0 Å². The SMILES string of the molecule is COCCCn1cc(Nc2nc(-c3ccc(N4CCNC4=O)cc3C)cs2)c(C)n1. The highest BCUT2D eigenvalue weighted by molar-refractivity contribution is 7.14. The Labute approximate surface area is 179 Å². The van der Waals surface area contributed by atoms with Crippen molar-refractivity contribution in [2.75, 3.05) is 37.0 Å². The van der Waals surface area contributed by atoms with E-state index in [0.717, 1.165) is 58.6 Å². The van der Waals surface area contributed by atoms with Gasteiger partial charge in [-0.3, -0.25) is 9.58 Å². The number of nitrogens with zero attached hydrogens (tertiary/aromatic N) is 4. The summed E-state index contributed by atoms with van der Waals surface area (Å²) in [6, 6.07) is 6.02. The minimum Gasteiger partial charge on any atom is -0.385 e. The maximum absolute atomic E-state index is 11.9. The zero-order valence-corrected chi connectivity index (χ0v) is 18.3. The fourth-order valence-corrected chi connectivity index (χ4v) is 4.24. The Kier molecular flexibility index (Phi) is 6.01. The molecule has 2 aromatic heterocycles. The summed E-state index contributed by atoms with van der Waals surface area (Å²) in [4.78, 5) is 18.4. The third kappa shape index (κ3) is 4.31. The predicted octanol–water partition coefficient (Wildman–Crippen LogP) is 3.93. The van der Waals surface area contributed by atoms with Crippen LogP contribution in [0.25, 0.3) is 11.3 Å². The molecule has 1 fully saturated rings. The molecule has 0 saturated carbocycles. The Morgan fingerprint density at radius 3 is 2.93 bits per heavy atom. The van der Waals surface area contributed by atoms with Crippen molar-refractivity contribution in [3.8, 4) is 11.3 Å². The van der Waals surface area contributed by atoms with Gasteiger partial charge in [-0.1, -0.05) is 6.07 Å². The number of carbonyl (C=O) groups is 1. The summed E-state index contributed by atoms with van der Waals surface area (Å²) >= 11 is 1.56. The molecule has 0 radical (unpaired) electrons. The van der Waals surface area contributed by atoms with Crippen LogP contribution in [0.1, 0.15) is 17.7 Å². The van der Waals surface area contributed by atoms with Gasteiger partial charge in [0.15, 0.2) is 5.13 Å². The lowest BCUT2D eigenvalue weighted by molar-refractivity contribution is 0.189. The molecule has 3 heterocycles. The molecule has 3 aromatic rings. The Bertz CT molecular complexity index is 1040. The van der Waals surface area contributed by atoms with Gasteiger partial charge in [-0.05, 0) is 38.0 Å². The average Bonchev–Trinajstić information content (AvgIpc) is 3.44. The van der Waals surface area contributed by atoms with Crippen LogP contribution in [0.4, 0.5) is 21.3 Å². The van der Waals surface area contributed by atoms with Crippen molar-refractivity contribution >= 4 is 33.9 Å². The number of methoxy groups -OCH3 is 1. The van der Waals surface area contributed by atoms with Gasteiger partial charge in [-0.25, -0.2) is 9.78 Å². The number of urea groups is 1. The molecule has 0 bridgehead atoms. The van der Waals surface area contributed by atoms with Crippen LogP contribution in [0.15, 0.2) is 29.8 Å². The molecule has 1 aliphatic heterocycles. The molecule has 30 heavy (non-hydrogen) atoms. The molecule has 9 heteroatoms. The molecule has 158 valence electrons. The van der Waals surface area contributed by atoms with E-state index in [2.05, 4.69) is 15.7 Å². The number of nitrogens with one attached hydrogen (secondary N) is 2. The summed E-state index contributed by atoms with van der Waals surface area (Å²) in [5, 5.41) is 13.6. The molecule has 1 saturated heterocycles. The lowest BCUT2D eigenvalue weighted by Crippen LogP contribution is -2.27. The molecule has 2 N–H and O–H groups in total. The van der Waals surface area contributed by atoms with Gasteiger partial charge in [0.05, 0.1) is 17.1 Å². The fraction of sp³-hybridized carbons (Fsp3) is 0.381. The van der Waals surface area contributed by atoms with Crippen molar-refractivity contribution in [2.24, 2.45) is 0 Å². The number of amides is 2. The second-order valence-electron chi connectivity index (χ2n) is 7.28. The molecule has 0 aliphatic carbocycles. The van der Waals surface area contributed by atoms with Gasteiger partial charge in [0.2, 0.25) is 0 Å². The number of benzene rings is 1. The van der Waals surface area contributed by atoms with Crippen LogP contribution >= 0.6 is 11.3 Å². The summed E-state index contributed by atoms with van der Waals surface area (Å²) in [6.45, 7) is 6.96. The number of aromatic nitrogens is 3. The maximum atomic E-state index is 11.9. The monoisotopic (exact) mass is 426 g/mol. The largest absolute Gasteiger partial charge is 0.385 e. The second-order valence-corrected chi connectivity index (χ2v) is 8.14. The molecule has 4 rings (SSSR count). The summed E-state index contributed by atoms with van der Waals surface area (Å²) in [5.41, 5.74) is 5.88. The van der Waals surface area contributed by atoms with E-state index in [-0.39, 0.29) is 6.03 Å². The van der Waals surface area contributed by atoms with Gasteiger partial charge in [-0.2, -0.15) is 5.10 Å². The van der Waals surface area contributed by atoms with Crippen molar-refractivity contribution in [3.05, 3.63) is 41.0 Å². The van der Waals surface area contributed by atoms with Crippen molar-refractivity contribution in [2.45, 2.75) is 26.8 Å². The molecular formula is C21H26N6O2S. The third-order valence-corrected chi connectivity index (χ3v) is 5.84. The molecule has 1 aromatic carbocycles. The van der Waals surface area contributed by atoms with Crippen LogP contribution in [0.2, 0.25) is 0 Å². The lowest BCUT2D eigenvalue weighted by Gasteiger charge is -2.16. The third-order valence-electron chi connectivity index (χ3n) is 5.08. The topological polar surface area (TPSA) is 84.3 Å². The summed E-state index contributed by atoms with van der Waals surface area (Å²) in [5.74, 6) is 0. The quantitative estimate of drug-likeness (QED) is 0.533. The van der Waals surface area contributed by atoms with Crippen LogP contribution < -0.4 is 15.5 Å². The standard InChI is InChI=1S/C21H26N6O2S/c1-14-11-16(27-9-7-22-21(27)28)5-6-17(14)19-13-30-20(24-19)23-18-12-26(25-15(18)2)8-4-10-29-3/h5-6,11-13H,4,7-10H2,1-3H3,(H,22,28)(H,23,24). The Morgan fingerprint density at radius 2 is 2.20 bits per heavy atom. The first-order valence-corrected chi connectivity index (χ1v) is 10.8. The molecule has 0 atom stereocenters. The predicted molar refractivity (Wildman–Crippen MR) is 120 cm³/mol. The molecular weight excluding hydrogens is 400 g/mol. The molecule has 0 spiro atoms. The van der Waals surface area contributed by atoms with Gasteiger partial charge in [0.25, 0.3) is 0 Å². The average molecular weight is 427 g/mol. The van der Waals surface area contributed by atoms with Gasteiger partial charge in [0.1, 0.15) is 0 Å². The van der Waals surface area contributed by atoms with Crippen LogP contribution in [0.3, 0.4) is 0 Å². The Balaban J connectivity index is 1.47. The maximum Gasteiger partial charge on any atom is 0.321 e. The summed E-state index contributed by atoms with van der Waals surface area (Å²) < 4.78 is 7.04. The number of aryl methyl sites for hydroxylation is 3. The number of rotatable bonds is 8. The zero-order valence-electron chi connectivity index (χ0n) is 17.4. The van der Waals surface area contributed by atoms with Crippen molar-refractivity contribution in [1.82, 2.24) is 20.1 Å². The number of ether oxygens (including phenoxy) is 1. The van der Waals surface area contributed by atoms with Gasteiger partial charge in [0, 0.05) is 56.2 Å². The first-order valence-electron chi connectivity index (χ1n) is 9.97. The van der Waals surface area contributed by atoms with Crippen molar-refractivity contribution in [1.29, 1.82) is 0 Å². The fourth-order valence-electron chi connectivity index (χ4n) is 3.52. The van der Waals surface area contributed by atoms with E-state index in [1.165, 1.54) is 0 Å². The zero-order chi connectivity index (χ0) is 21.1. The smallest absolute Gasteiger partial charge is 0.321 e. The Morgan fingerprint density at radius 1 is 1.33 bits per heavy atom. The molecule has 8 nitrogen and oxygen atoms in total. The summed E-state index contributed by atoms with van der Waals surface area (Å²) in [6.07, 6.45) is 2.93. The highest BCUT2D eigenvalue weighted by Crippen LogP contribution is 2.32. The molecule has 2 amide bonds. The minimum absolute atomic E-state index is 0.0413. The highest BCUT2D eigenvalue weighted by atomic mass is 32.1. The van der Waals surface area contributed by atoms with E-state index in [4.69, 9.17) is 9.72 Å². The van der Waals surface area contributed by atoms with Crippen LogP contribution in [0, 0.1) is 13.8 Å². The number of hydrogen-bond acceptors (Lipinski definition) is 6. The van der Waals surface area contributed by atoms with E-state index in [9.17, 15) is 4.79 Å². The second kappa shape index (κ2) is 8.85. The first kappa shape index (κ1) is 20.4. The van der Waals surface area contributed by atoms with Crippen molar-refractivity contribution < 1.29 is 9.53 Å².